The third-order valence-electron chi connectivity index (χ3n) is 4.11. The third-order valence-corrected chi connectivity index (χ3v) is 4.11. The first kappa shape index (κ1) is 12.7. The molecule has 0 bridgehead atoms. The van der Waals surface area contributed by atoms with Crippen molar-refractivity contribution in [1.29, 1.82) is 0 Å². The second-order valence-corrected chi connectivity index (χ2v) is 5.62. The van der Waals surface area contributed by atoms with E-state index in [1.165, 1.54) is 6.42 Å². The molecule has 3 rings (SSSR count). The van der Waals surface area contributed by atoms with Crippen molar-refractivity contribution in [1.82, 2.24) is 4.90 Å². The Hall–Kier alpha value is -1.29. The third kappa shape index (κ3) is 3.00. The van der Waals surface area contributed by atoms with E-state index in [4.69, 9.17) is 9.15 Å². The molecule has 1 amide bonds. The Labute approximate surface area is 113 Å². The van der Waals surface area contributed by atoms with Gasteiger partial charge in [-0.3, -0.25) is 4.79 Å². The number of hydrogen-bond donors (Lipinski definition) is 0. The van der Waals surface area contributed by atoms with Crippen LogP contribution in [0.4, 0.5) is 0 Å². The zero-order valence-electron chi connectivity index (χ0n) is 11.4. The zero-order valence-corrected chi connectivity index (χ0v) is 11.4. The summed E-state index contributed by atoms with van der Waals surface area (Å²) in [6.07, 6.45) is 2.48. The summed E-state index contributed by atoms with van der Waals surface area (Å²) in [7, 11) is 0. The predicted molar refractivity (Wildman–Crippen MR) is 71.0 cm³/mol. The molecule has 1 saturated carbocycles. The number of nitrogens with zero attached hydrogens (tertiary/aromatic N) is 1. The summed E-state index contributed by atoms with van der Waals surface area (Å²) in [5, 5.41) is 0. The lowest BCUT2D eigenvalue weighted by atomic mass is 10.2. The van der Waals surface area contributed by atoms with E-state index in [9.17, 15) is 4.79 Å². The number of carbonyl (C=O) groups excluding carboxylic acids is 1. The maximum absolute atomic E-state index is 12.0. The largest absolute Gasteiger partial charge is 0.466 e. The van der Waals surface area contributed by atoms with Crippen LogP contribution in [0, 0.1) is 5.92 Å². The van der Waals surface area contributed by atoms with E-state index in [0.717, 1.165) is 30.5 Å². The van der Waals surface area contributed by atoms with E-state index in [1.807, 2.05) is 11.0 Å². The Morgan fingerprint density at radius 2 is 2.11 bits per heavy atom. The van der Waals surface area contributed by atoms with Gasteiger partial charge in [0.05, 0.1) is 13.2 Å². The Morgan fingerprint density at radius 3 is 2.79 bits per heavy atom. The SMILES string of the molecule is C[C@@H]1C[C@@H]1c1ccc(CCC(=O)N2CCOCC2)o1. The lowest BCUT2D eigenvalue weighted by Gasteiger charge is -2.26. The van der Waals surface area contributed by atoms with Crippen LogP contribution < -0.4 is 0 Å². The number of carbonyl (C=O) groups is 1. The average molecular weight is 263 g/mol. The molecule has 2 aliphatic rings. The van der Waals surface area contributed by atoms with Gasteiger partial charge in [-0.25, -0.2) is 0 Å². The van der Waals surface area contributed by atoms with E-state index in [2.05, 4.69) is 13.0 Å². The van der Waals surface area contributed by atoms with Crippen molar-refractivity contribution in [3.8, 4) is 0 Å². The van der Waals surface area contributed by atoms with E-state index in [1.54, 1.807) is 0 Å². The van der Waals surface area contributed by atoms with Gasteiger partial charge < -0.3 is 14.1 Å². The van der Waals surface area contributed by atoms with Crippen LogP contribution in [0.2, 0.25) is 0 Å². The number of ether oxygens (including phenoxy) is 1. The minimum absolute atomic E-state index is 0.209. The van der Waals surface area contributed by atoms with Crippen LogP contribution in [0.1, 0.15) is 37.2 Å². The lowest BCUT2D eigenvalue weighted by Crippen LogP contribution is -2.40. The van der Waals surface area contributed by atoms with E-state index < -0.39 is 0 Å². The summed E-state index contributed by atoms with van der Waals surface area (Å²) >= 11 is 0. The smallest absolute Gasteiger partial charge is 0.223 e. The molecule has 2 fully saturated rings. The first-order chi connectivity index (χ1) is 9.24. The van der Waals surface area contributed by atoms with Gasteiger partial charge in [-0.1, -0.05) is 6.92 Å². The van der Waals surface area contributed by atoms with Crippen molar-refractivity contribution >= 4 is 5.91 Å². The molecule has 0 spiro atoms. The van der Waals surface area contributed by atoms with Gasteiger partial charge in [0.2, 0.25) is 5.91 Å². The van der Waals surface area contributed by atoms with Gasteiger partial charge in [-0.15, -0.1) is 0 Å². The molecule has 0 N–H and O–H groups in total. The van der Waals surface area contributed by atoms with Gasteiger partial charge >= 0.3 is 0 Å². The molecule has 1 aliphatic carbocycles. The number of amides is 1. The molecule has 4 heteroatoms. The highest BCUT2D eigenvalue weighted by molar-refractivity contribution is 5.76. The van der Waals surface area contributed by atoms with Crippen LogP contribution in [-0.4, -0.2) is 37.1 Å². The summed E-state index contributed by atoms with van der Waals surface area (Å²) in [4.78, 5) is 13.9. The fraction of sp³-hybridized carbons (Fsp3) is 0.667. The van der Waals surface area contributed by atoms with Crippen molar-refractivity contribution < 1.29 is 13.9 Å². The molecule has 1 aromatic heterocycles. The van der Waals surface area contributed by atoms with Crippen LogP contribution in [0.25, 0.3) is 0 Å². The van der Waals surface area contributed by atoms with E-state index >= 15 is 0 Å². The van der Waals surface area contributed by atoms with Crippen LogP contribution in [0.15, 0.2) is 16.5 Å². The van der Waals surface area contributed by atoms with Gasteiger partial charge in [-0.2, -0.15) is 0 Å². The zero-order chi connectivity index (χ0) is 13.2. The van der Waals surface area contributed by atoms with Crippen LogP contribution in [-0.2, 0) is 16.0 Å². The number of hydrogen-bond acceptors (Lipinski definition) is 3. The van der Waals surface area contributed by atoms with Crippen molar-refractivity contribution in [2.75, 3.05) is 26.3 Å². The molecule has 2 atom stereocenters. The highest BCUT2D eigenvalue weighted by Gasteiger charge is 2.36. The molecular weight excluding hydrogens is 242 g/mol. The number of rotatable bonds is 4. The van der Waals surface area contributed by atoms with Gasteiger partial charge in [0.15, 0.2) is 0 Å². The molecule has 1 aromatic rings. The number of morpholine rings is 1. The Kier molecular flexibility index (Phi) is 3.60. The summed E-state index contributed by atoms with van der Waals surface area (Å²) < 4.78 is 11.1. The van der Waals surface area contributed by atoms with Crippen molar-refractivity contribution in [3.63, 3.8) is 0 Å². The summed E-state index contributed by atoms with van der Waals surface area (Å²) in [5.74, 6) is 3.62. The lowest BCUT2D eigenvalue weighted by molar-refractivity contribution is -0.135. The van der Waals surface area contributed by atoms with Gasteiger partial charge in [0.25, 0.3) is 0 Å². The first-order valence-corrected chi connectivity index (χ1v) is 7.18. The molecule has 4 nitrogen and oxygen atoms in total. The van der Waals surface area contributed by atoms with Gasteiger partial charge in [0.1, 0.15) is 11.5 Å². The van der Waals surface area contributed by atoms with Crippen LogP contribution >= 0.6 is 0 Å². The van der Waals surface area contributed by atoms with Crippen molar-refractivity contribution in [3.05, 3.63) is 23.7 Å². The summed E-state index contributed by atoms with van der Waals surface area (Å²) in [5.41, 5.74) is 0. The average Bonchev–Trinajstić information content (AvgIpc) is 3.00. The molecule has 2 heterocycles. The number of aryl methyl sites for hydroxylation is 1. The molecule has 1 saturated heterocycles. The maximum atomic E-state index is 12.0. The standard InChI is InChI=1S/C15H21NO3/c1-11-10-13(11)14-4-2-12(19-14)3-5-15(17)16-6-8-18-9-7-16/h2,4,11,13H,3,5-10H2,1H3/t11-,13+/m1/s1. The Morgan fingerprint density at radius 1 is 1.37 bits per heavy atom. The Bertz CT molecular complexity index is 448. The summed E-state index contributed by atoms with van der Waals surface area (Å²) in [6.45, 7) is 5.02. The molecule has 1 aliphatic heterocycles. The normalized spacial score (nSPS) is 26.5. The molecule has 0 radical (unpaired) electrons. The quantitative estimate of drug-likeness (QED) is 0.836. The van der Waals surface area contributed by atoms with Crippen LogP contribution in [0.3, 0.4) is 0 Å². The maximum Gasteiger partial charge on any atom is 0.223 e. The second kappa shape index (κ2) is 5.37. The number of furan rings is 1. The predicted octanol–water partition coefficient (Wildman–Crippen LogP) is 2.19. The Balaban J connectivity index is 1.48. The fourth-order valence-corrected chi connectivity index (χ4v) is 2.65. The monoisotopic (exact) mass is 263 g/mol. The molecular formula is C15H21NO3. The van der Waals surface area contributed by atoms with Gasteiger partial charge in [0, 0.05) is 31.8 Å². The van der Waals surface area contributed by atoms with Crippen molar-refractivity contribution in [2.24, 2.45) is 5.92 Å². The molecule has 0 unspecified atom stereocenters. The van der Waals surface area contributed by atoms with E-state index in [-0.39, 0.29) is 5.91 Å². The second-order valence-electron chi connectivity index (χ2n) is 5.62. The fourth-order valence-electron chi connectivity index (χ4n) is 2.65. The highest BCUT2D eigenvalue weighted by atomic mass is 16.5. The van der Waals surface area contributed by atoms with Crippen LogP contribution in [0.5, 0.6) is 0 Å². The molecule has 19 heavy (non-hydrogen) atoms. The van der Waals surface area contributed by atoms with E-state index in [0.29, 0.717) is 32.0 Å². The minimum Gasteiger partial charge on any atom is -0.466 e. The molecule has 104 valence electrons. The van der Waals surface area contributed by atoms with Crippen molar-refractivity contribution in [2.45, 2.75) is 32.1 Å². The summed E-state index contributed by atoms with van der Waals surface area (Å²) in [6, 6.07) is 4.09. The minimum atomic E-state index is 0.209. The molecule has 0 aromatic carbocycles. The topological polar surface area (TPSA) is 42.7 Å². The van der Waals surface area contributed by atoms with Gasteiger partial charge in [-0.05, 0) is 24.5 Å². The highest BCUT2D eigenvalue weighted by Crippen LogP contribution is 2.47. The first-order valence-electron chi connectivity index (χ1n) is 7.18.